The highest BCUT2D eigenvalue weighted by Gasteiger charge is 2.31. The molecule has 0 aliphatic carbocycles. The minimum absolute atomic E-state index is 0.0761. The van der Waals surface area contributed by atoms with Gasteiger partial charge in [-0.1, -0.05) is 42.3 Å². The average molecular weight is 444 g/mol. The van der Waals surface area contributed by atoms with E-state index in [9.17, 15) is 4.79 Å². The molecule has 158 valence electrons. The molecule has 0 aromatic heterocycles. The lowest BCUT2D eigenvalue weighted by Crippen LogP contribution is -2.45. The molecule has 0 unspecified atom stereocenters. The van der Waals surface area contributed by atoms with E-state index in [1.807, 2.05) is 25.1 Å². The molecule has 1 aliphatic heterocycles. The van der Waals surface area contributed by atoms with Gasteiger partial charge in [0.05, 0.1) is 27.4 Å². The Morgan fingerprint density at radius 2 is 1.90 bits per heavy atom. The molecule has 0 fully saturated rings. The van der Waals surface area contributed by atoms with Crippen molar-refractivity contribution in [3.8, 4) is 0 Å². The summed E-state index contributed by atoms with van der Waals surface area (Å²) < 4.78 is 0. The van der Waals surface area contributed by atoms with Crippen LogP contribution < -0.4 is 10.3 Å². The quantitative estimate of drug-likeness (QED) is 0.424. The van der Waals surface area contributed by atoms with Crippen LogP contribution in [-0.2, 0) is 0 Å². The predicted molar refractivity (Wildman–Crippen MR) is 128 cm³/mol. The zero-order chi connectivity index (χ0) is 22.1. The number of rotatable bonds is 5. The number of allylic oxidation sites excluding steroid dienone is 1. The van der Waals surface area contributed by atoms with E-state index in [4.69, 9.17) is 23.2 Å². The van der Waals surface area contributed by atoms with Gasteiger partial charge in [-0.15, -0.1) is 0 Å². The summed E-state index contributed by atoms with van der Waals surface area (Å²) in [5.74, 6) is -0.364. The van der Waals surface area contributed by atoms with Crippen LogP contribution in [0.25, 0.3) is 5.57 Å². The first kappa shape index (κ1) is 22.4. The number of benzene rings is 2. The van der Waals surface area contributed by atoms with Gasteiger partial charge < -0.3 is 4.90 Å². The van der Waals surface area contributed by atoms with Crippen molar-refractivity contribution in [1.29, 1.82) is 0 Å². The second-order valence-corrected chi connectivity index (χ2v) is 9.02. The Morgan fingerprint density at radius 3 is 2.57 bits per heavy atom. The zero-order valence-electron chi connectivity index (χ0n) is 18.0. The number of hydrogen-bond donors (Lipinski definition) is 1. The van der Waals surface area contributed by atoms with Gasteiger partial charge in [0.1, 0.15) is 0 Å². The molecular weight excluding hydrogens is 417 g/mol. The predicted octanol–water partition coefficient (Wildman–Crippen LogP) is 6.48. The monoisotopic (exact) mass is 443 g/mol. The standard InChI is InChI=1S/C24H27Cl2N3O/c1-6-9-29-22-12-20(25)17(11-19(22)16(3)13-24(29,4)5)14-27-28-23(30)18-8-7-15(2)10-21(18)26/h7-8,10-14H,6,9H2,1-5H3,(H,28,30)/b27-14-. The lowest BCUT2D eigenvalue weighted by molar-refractivity contribution is 0.0955. The number of anilines is 1. The molecule has 2 aromatic carbocycles. The van der Waals surface area contributed by atoms with Gasteiger partial charge >= 0.3 is 0 Å². The molecule has 30 heavy (non-hydrogen) atoms. The fraction of sp³-hybridized carbons (Fsp3) is 0.333. The van der Waals surface area contributed by atoms with Crippen LogP contribution in [0.15, 0.2) is 41.5 Å². The highest BCUT2D eigenvalue weighted by molar-refractivity contribution is 6.34. The number of aryl methyl sites for hydroxylation is 1. The number of nitrogens with zero attached hydrogens (tertiary/aromatic N) is 2. The number of nitrogens with one attached hydrogen (secondary N) is 1. The Hall–Kier alpha value is -2.30. The van der Waals surface area contributed by atoms with Gasteiger partial charge in [-0.2, -0.15) is 5.10 Å². The van der Waals surface area contributed by atoms with E-state index in [2.05, 4.69) is 49.2 Å². The van der Waals surface area contributed by atoms with Crippen LogP contribution in [0.4, 0.5) is 5.69 Å². The summed E-state index contributed by atoms with van der Waals surface area (Å²) in [6.07, 6.45) is 4.89. The topological polar surface area (TPSA) is 44.7 Å². The van der Waals surface area contributed by atoms with E-state index in [1.54, 1.807) is 18.3 Å². The Morgan fingerprint density at radius 1 is 1.17 bits per heavy atom. The summed E-state index contributed by atoms with van der Waals surface area (Å²) in [5, 5.41) is 5.09. The van der Waals surface area contributed by atoms with Crippen LogP contribution in [0.5, 0.6) is 0 Å². The van der Waals surface area contributed by atoms with Gasteiger partial charge in [0.25, 0.3) is 5.91 Å². The molecule has 0 spiro atoms. The third kappa shape index (κ3) is 4.55. The molecule has 1 amide bonds. The van der Waals surface area contributed by atoms with Gasteiger partial charge in [0.15, 0.2) is 0 Å². The Kier molecular flexibility index (Phi) is 6.59. The Balaban J connectivity index is 1.86. The number of carbonyl (C=O) groups excluding carboxylic acids is 1. The molecule has 4 nitrogen and oxygen atoms in total. The molecule has 6 heteroatoms. The molecule has 2 aromatic rings. The van der Waals surface area contributed by atoms with E-state index in [-0.39, 0.29) is 11.4 Å². The first-order valence-corrected chi connectivity index (χ1v) is 10.8. The number of hydrogen-bond acceptors (Lipinski definition) is 3. The molecule has 1 aliphatic rings. The number of fused-ring (bicyclic) bond motifs is 1. The SMILES string of the molecule is CCCN1c2cc(Cl)c(/C=N\NC(=O)c3ccc(C)cc3Cl)cc2C(C)=CC1(C)C. The highest BCUT2D eigenvalue weighted by Crippen LogP contribution is 2.41. The summed E-state index contributed by atoms with van der Waals surface area (Å²) in [4.78, 5) is 14.7. The number of hydrazone groups is 1. The molecule has 0 saturated heterocycles. The lowest BCUT2D eigenvalue weighted by atomic mass is 9.88. The lowest BCUT2D eigenvalue weighted by Gasteiger charge is -2.43. The van der Waals surface area contributed by atoms with Crippen LogP contribution in [0.2, 0.25) is 10.0 Å². The Labute approximate surface area is 188 Å². The maximum atomic E-state index is 12.4. The molecule has 0 saturated carbocycles. The average Bonchev–Trinajstić information content (AvgIpc) is 2.65. The van der Waals surface area contributed by atoms with Gasteiger partial charge in [0.2, 0.25) is 0 Å². The fourth-order valence-corrected chi connectivity index (χ4v) is 4.40. The molecule has 0 bridgehead atoms. The summed E-state index contributed by atoms with van der Waals surface area (Å²) >= 11 is 12.7. The Bertz CT molecular complexity index is 1040. The first-order chi connectivity index (χ1) is 14.1. The number of halogens is 2. The van der Waals surface area contributed by atoms with Crippen LogP contribution in [0.1, 0.15) is 61.2 Å². The summed E-state index contributed by atoms with van der Waals surface area (Å²) in [5.41, 5.74) is 8.02. The third-order valence-corrected chi connectivity index (χ3v) is 5.92. The molecule has 1 heterocycles. The second-order valence-electron chi connectivity index (χ2n) is 8.21. The number of amides is 1. The van der Waals surface area contributed by atoms with Gasteiger partial charge in [-0.25, -0.2) is 5.43 Å². The molecular formula is C24H27Cl2N3O. The van der Waals surface area contributed by atoms with Crippen molar-refractivity contribution in [1.82, 2.24) is 5.43 Å². The third-order valence-electron chi connectivity index (χ3n) is 5.28. The van der Waals surface area contributed by atoms with Crippen LogP contribution in [-0.4, -0.2) is 24.2 Å². The van der Waals surface area contributed by atoms with Crippen molar-refractivity contribution < 1.29 is 4.79 Å². The first-order valence-electron chi connectivity index (χ1n) is 10.0. The minimum atomic E-state index is -0.364. The highest BCUT2D eigenvalue weighted by atomic mass is 35.5. The van der Waals surface area contributed by atoms with Crippen LogP contribution in [0, 0.1) is 6.92 Å². The molecule has 3 rings (SSSR count). The second kappa shape index (κ2) is 8.83. The molecule has 0 radical (unpaired) electrons. The maximum Gasteiger partial charge on any atom is 0.272 e. The number of carbonyl (C=O) groups is 1. The van der Waals surface area contributed by atoms with E-state index in [1.165, 1.54) is 5.57 Å². The van der Waals surface area contributed by atoms with Crippen molar-refractivity contribution in [2.45, 2.75) is 46.6 Å². The van der Waals surface area contributed by atoms with Crippen molar-refractivity contribution in [2.24, 2.45) is 5.10 Å². The zero-order valence-corrected chi connectivity index (χ0v) is 19.5. The van der Waals surface area contributed by atoms with Crippen molar-refractivity contribution >= 4 is 46.6 Å². The summed E-state index contributed by atoms with van der Waals surface area (Å²) in [7, 11) is 0. The molecule has 0 atom stereocenters. The van der Waals surface area contributed by atoms with Crippen LogP contribution in [0.3, 0.4) is 0 Å². The van der Waals surface area contributed by atoms with Gasteiger partial charge in [-0.3, -0.25) is 4.79 Å². The smallest absolute Gasteiger partial charge is 0.272 e. The normalized spacial score (nSPS) is 15.2. The maximum absolute atomic E-state index is 12.4. The van der Waals surface area contributed by atoms with Gasteiger partial charge in [-0.05, 0) is 69.5 Å². The van der Waals surface area contributed by atoms with Crippen LogP contribution >= 0.6 is 23.2 Å². The summed E-state index contributed by atoms with van der Waals surface area (Å²) in [6, 6.07) is 9.29. The van der Waals surface area contributed by atoms with E-state index >= 15 is 0 Å². The fourth-order valence-electron chi connectivity index (χ4n) is 3.87. The molecule has 1 N–H and O–H groups in total. The van der Waals surface area contributed by atoms with Crippen molar-refractivity contribution in [2.75, 3.05) is 11.4 Å². The van der Waals surface area contributed by atoms with E-state index in [0.29, 0.717) is 15.6 Å². The van der Waals surface area contributed by atoms with E-state index < -0.39 is 0 Å². The minimum Gasteiger partial charge on any atom is -0.362 e. The van der Waals surface area contributed by atoms with Crippen molar-refractivity contribution in [3.63, 3.8) is 0 Å². The van der Waals surface area contributed by atoms with Crippen molar-refractivity contribution in [3.05, 3.63) is 68.7 Å². The van der Waals surface area contributed by atoms with E-state index in [0.717, 1.165) is 35.3 Å². The largest absolute Gasteiger partial charge is 0.362 e. The summed E-state index contributed by atoms with van der Waals surface area (Å²) in [6.45, 7) is 11.6. The van der Waals surface area contributed by atoms with Gasteiger partial charge in [0, 0.05) is 23.4 Å².